The first-order chi connectivity index (χ1) is 5.15. The maximum Gasteiger partial charge on any atom is 0.125 e. The van der Waals surface area contributed by atoms with Gasteiger partial charge in [-0.15, -0.1) is 0 Å². The zero-order valence-corrected chi connectivity index (χ0v) is 7.68. The van der Waals surface area contributed by atoms with Gasteiger partial charge in [0.2, 0.25) is 0 Å². The Hall–Kier alpha value is -0.110. The molecule has 1 unspecified atom stereocenters. The summed E-state index contributed by atoms with van der Waals surface area (Å²) in [4.78, 5) is 2.25. The van der Waals surface area contributed by atoms with Gasteiger partial charge in [-0.3, -0.25) is 4.90 Å². The van der Waals surface area contributed by atoms with Crippen molar-refractivity contribution in [1.29, 1.82) is 0 Å². The molecule has 1 nitrogen and oxygen atoms in total. The molecular weight excluding hydrogens is 141 g/mol. The molecule has 1 rings (SSSR count). The van der Waals surface area contributed by atoms with Crippen LogP contribution in [0.2, 0.25) is 0 Å². The Kier molecular flexibility index (Phi) is 2.88. The summed E-state index contributed by atoms with van der Waals surface area (Å²) in [5.41, 5.74) is 0. The van der Waals surface area contributed by atoms with Crippen molar-refractivity contribution in [3.8, 4) is 0 Å². The van der Waals surface area contributed by atoms with Crippen molar-refractivity contribution < 1.29 is 4.39 Å². The zero-order valence-electron chi connectivity index (χ0n) is 7.68. The van der Waals surface area contributed by atoms with Gasteiger partial charge in [0, 0.05) is 19.1 Å². The molecule has 2 heteroatoms. The van der Waals surface area contributed by atoms with E-state index in [1.54, 1.807) is 0 Å². The van der Waals surface area contributed by atoms with Gasteiger partial charge in [-0.2, -0.15) is 0 Å². The number of hydrogen-bond acceptors (Lipinski definition) is 1. The second-order valence-corrected chi connectivity index (χ2v) is 3.77. The lowest BCUT2D eigenvalue weighted by molar-refractivity contribution is 0.00920. The lowest BCUT2D eigenvalue weighted by atomic mass is 9.96. The molecule has 1 fully saturated rings. The normalized spacial score (nSPS) is 23.7. The van der Waals surface area contributed by atoms with Gasteiger partial charge in [-0.25, -0.2) is 4.39 Å². The first-order valence-electron chi connectivity index (χ1n) is 4.53. The number of alkyl halides is 1. The first-order valence-corrected chi connectivity index (χ1v) is 4.53. The molecule has 1 atom stereocenters. The summed E-state index contributed by atoms with van der Waals surface area (Å²) in [6.07, 6.45) is 0.590. The number of halogens is 1. The van der Waals surface area contributed by atoms with Crippen LogP contribution in [-0.4, -0.2) is 30.2 Å². The van der Waals surface area contributed by atoms with E-state index in [1.807, 2.05) is 0 Å². The van der Waals surface area contributed by atoms with Crippen molar-refractivity contribution >= 4 is 0 Å². The monoisotopic (exact) mass is 159 g/mol. The molecule has 1 heterocycles. The van der Waals surface area contributed by atoms with E-state index < -0.39 is 6.17 Å². The Bertz CT molecular complexity index is 119. The average molecular weight is 159 g/mol. The van der Waals surface area contributed by atoms with Gasteiger partial charge >= 0.3 is 0 Å². The summed E-state index contributed by atoms with van der Waals surface area (Å²) in [5.74, 6) is 0.660. The standard InChI is InChI=1S/C9H18FN/c1-4-9(7(2)3)11-5-8(10)6-11/h7-9H,4-6H2,1-3H3. The molecule has 1 aliphatic rings. The summed E-state index contributed by atoms with van der Waals surface area (Å²) in [6, 6.07) is 0.599. The van der Waals surface area contributed by atoms with Crippen molar-refractivity contribution in [2.24, 2.45) is 5.92 Å². The molecule has 66 valence electrons. The van der Waals surface area contributed by atoms with Gasteiger partial charge < -0.3 is 0 Å². The Labute approximate surface area is 68.6 Å². The molecule has 1 saturated heterocycles. The van der Waals surface area contributed by atoms with E-state index in [2.05, 4.69) is 25.7 Å². The predicted octanol–water partition coefficient (Wildman–Crippen LogP) is 2.07. The Morgan fingerprint density at radius 1 is 1.45 bits per heavy atom. The third-order valence-corrected chi connectivity index (χ3v) is 2.52. The first kappa shape index (κ1) is 8.98. The largest absolute Gasteiger partial charge is 0.294 e. The minimum atomic E-state index is -0.553. The number of rotatable bonds is 3. The van der Waals surface area contributed by atoms with Crippen LogP contribution in [0.5, 0.6) is 0 Å². The van der Waals surface area contributed by atoms with E-state index in [4.69, 9.17) is 0 Å². The number of hydrogen-bond donors (Lipinski definition) is 0. The highest BCUT2D eigenvalue weighted by atomic mass is 19.1. The molecule has 0 saturated carbocycles. The fraction of sp³-hybridized carbons (Fsp3) is 1.00. The predicted molar refractivity (Wildman–Crippen MR) is 45.4 cm³/mol. The molecule has 0 aromatic carbocycles. The van der Waals surface area contributed by atoms with Crippen LogP contribution < -0.4 is 0 Å². The van der Waals surface area contributed by atoms with Crippen LogP contribution in [0, 0.1) is 5.92 Å². The van der Waals surface area contributed by atoms with Gasteiger partial charge in [0.1, 0.15) is 6.17 Å². The third kappa shape index (κ3) is 1.92. The van der Waals surface area contributed by atoms with Crippen LogP contribution in [0.4, 0.5) is 4.39 Å². The molecular formula is C9H18FN. The van der Waals surface area contributed by atoms with E-state index in [1.165, 1.54) is 0 Å². The molecule has 0 aromatic heterocycles. The fourth-order valence-corrected chi connectivity index (χ4v) is 1.88. The summed E-state index contributed by atoms with van der Waals surface area (Å²) >= 11 is 0. The van der Waals surface area contributed by atoms with Crippen molar-refractivity contribution in [3.05, 3.63) is 0 Å². The van der Waals surface area contributed by atoms with Crippen LogP contribution in [0.15, 0.2) is 0 Å². The molecule has 0 aliphatic carbocycles. The smallest absolute Gasteiger partial charge is 0.125 e. The van der Waals surface area contributed by atoms with E-state index >= 15 is 0 Å². The molecule has 0 aromatic rings. The van der Waals surface area contributed by atoms with E-state index in [0.717, 1.165) is 6.42 Å². The SMILES string of the molecule is CCC(C(C)C)N1CC(F)C1. The van der Waals surface area contributed by atoms with Crippen LogP contribution in [-0.2, 0) is 0 Å². The maximum atomic E-state index is 12.5. The number of likely N-dealkylation sites (tertiary alicyclic amines) is 1. The lowest BCUT2D eigenvalue weighted by Crippen LogP contribution is -2.54. The molecule has 0 N–H and O–H groups in total. The lowest BCUT2D eigenvalue weighted by Gasteiger charge is -2.42. The maximum absolute atomic E-state index is 12.5. The van der Waals surface area contributed by atoms with Crippen molar-refractivity contribution in [1.82, 2.24) is 4.90 Å². The Morgan fingerprint density at radius 2 is 2.00 bits per heavy atom. The van der Waals surface area contributed by atoms with Crippen LogP contribution in [0.25, 0.3) is 0 Å². The van der Waals surface area contributed by atoms with Crippen molar-refractivity contribution in [3.63, 3.8) is 0 Å². The summed E-state index contributed by atoms with van der Waals surface area (Å²) in [7, 11) is 0. The highest BCUT2D eigenvalue weighted by Crippen LogP contribution is 2.21. The minimum absolute atomic E-state index is 0.553. The highest BCUT2D eigenvalue weighted by Gasteiger charge is 2.32. The topological polar surface area (TPSA) is 3.24 Å². The van der Waals surface area contributed by atoms with E-state index in [-0.39, 0.29) is 0 Å². The van der Waals surface area contributed by atoms with Gasteiger partial charge in [0.05, 0.1) is 0 Å². The molecule has 0 spiro atoms. The number of nitrogens with zero attached hydrogens (tertiary/aromatic N) is 1. The molecule has 11 heavy (non-hydrogen) atoms. The zero-order chi connectivity index (χ0) is 8.43. The summed E-state index contributed by atoms with van der Waals surface area (Å²) in [5, 5.41) is 0. The van der Waals surface area contributed by atoms with Gasteiger partial charge in [-0.05, 0) is 12.3 Å². The minimum Gasteiger partial charge on any atom is -0.294 e. The third-order valence-electron chi connectivity index (χ3n) is 2.52. The van der Waals surface area contributed by atoms with Crippen LogP contribution in [0.1, 0.15) is 27.2 Å². The van der Waals surface area contributed by atoms with Gasteiger partial charge in [0.25, 0.3) is 0 Å². The Morgan fingerprint density at radius 3 is 2.27 bits per heavy atom. The average Bonchev–Trinajstić information content (AvgIpc) is 1.85. The second-order valence-electron chi connectivity index (χ2n) is 3.77. The summed E-state index contributed by atoms with van der Waals surface area (Å²) in [6.45, 7) is 7.92. The fourth-order valence-electron chi connectivity index (χ4n) is 1.88. The highest BCUT2D eigenvalue weighted by molar-refractivity contribution is 4.86. The molecule has 0 amide bonds. The quantitative estimate of drug-likeness (QED) is 0.609. The van der Waals surface area contributed by atoms with Crippen molar-refractivity contribution in [2.75, 3.05) is 13.1 Å². The van der Waals surface area contributed by atoms with Crippen LogP contribution in [0.3, 0.4) is 0 Å². The summed E-state index contributed by atoms with van der Waals surface area (Å²) < 4.78 is 12.5. The molecule has 1 aliphatic heterocycles. The van der Waals surface area contributed by atoms with Crippen molar-refractivity contribution in [2.45, 2.75) is 39.4 Å². The van der Waals surface area contributed by atoms with E-state index in [0.29, 0.717) is 25.0 Å². The molecule has 0 radical (unpaired) electrons. The van der Waals surface area contributed by atoms with Gasteiger partial charge in [-0.1, -0.05) is 20.8 Å². The molecule has 0 bridgehead atoms. The van der Waals surface area contributed by atoms with E-state index in [9.17, 15) is 4.39 Å². The van der Waals surface area contributed by atoms with Crippen LogP contribution >= 0.6 is 0 Å². The second kappa shape index (κ2) is 3.53. The van der Waals surface area contributed by atoms with Gasteiger partial charge in [0.15, 0.2) is 0 Å². The Balaban J connectivity index is 2.32.